The van der Waals surface area contributed by atoms with Gasteiger partial charge in [0.05, 0.1) is 10.0 Å². The second kappa shape index (κ2) is 5.62. The molecule has 0 aliphatic rings. The van der Waals surface area contributed by atoms with Crippen LogP contribution in [0.5, 0.6) is 0 Å². The van der Waals surface area contributed by atoms with Gasteiger partial charge < -0.3 is 5.11 Å². The van der Waals surface area contributed by atoms with E-state index < -0.39 is 6.10 Å². The number of hydrogen-bond donors (Lipinski definition) is 1. The fourth-order valence-corrected chi connectivity index (χ4v) is 2.27. The summed E-state index contributed by atoms with van der Waals surface area (Å²) in [5.41, 5.74) is 2.63. The fourth-order valence-electron chi connectivity index (χ4n) is 1.71. The van der Waals surface area contributed by atoms with Crippen LogP contribution < -0.4 is 0 Å². The number of aliphatic hydroxyl groups excluding tert-OH is 1. The molecule has 2 rings (SSSR count). The van der Waals surface area contributed by atoms with Gasteiger partial charge in [0.25, 0.3) is 0 Å². The molecule has 0 aliphatic heterocycles. The van der Waals surface area contributed by atoms with Crippen molar-refractivity contribution in [2.75, 3.05) is 0 Å². The van der Waals surface area contributed by atoms with E-state index in [-0.39, 0.29) is 0 Å². The summed E-state index contributed by atoms with van der Waals surface area (Å²) >= 11 is 15.2. The van der Waals surface area contributed by atoms with Crippen molar-refractivity contribution < 1.29 is 5.11 Å². The Labute approximate surface area is 124 Å². The van der Waals surface area contributed by atoms with Crippen LogP contribution in [-0.4, -0.2) is 5.11 Å². The van der Waals surface area contributed by atoms with Gasteiger partial charge in [-0.3, -0.25) is 0 Å². The van der Waals surface area contributed by atoms with Gasteiger partial charge in [-0.05, 0) is 41.8 Å². The quantitative estimate of drug-likeness (QED) is 0.798. The molecule has 1 N–H and O–H groups in total. The third-order valence-corrected chi connectivity index (χ3v) is 4.39. The first-order chi connectivity index (χ1) is 8.49. The third kappa shape index (κ3) is 2.89. The van der Waals surface area contributed by atoms with E-state index in [2.05, 4.69) is 15.9 Å². The zero-order valence-electron chi connectivity index (χ0n) is 9.62. The Hall–Kier alpha value is -0.540. The van der Waals surface area contributed by atoms with E-state index in [9.17, 15) is 5.11 Å². The molecule has 1 unspecified atom stereocenters. The summed E-state index contributed by atoms with van der Waals surface area (Å²) in [5.74, 6) is 0. The molecule has 4 heteroatoms. The van der Waals surface area contributed by atoms with E-state index in [4.69, 9.17) is 23.2 Å². The molecule has 18 heavy (non-hydrogen) atoms. The van der Waals surface area contributed by atoms with Gasteiger partial charge in [0.2, 0.25) is 0 Å². The maximum Gasteiger partial charge on any atom is 0.104 e. The van der Waals surface area contributed by atoms with Crippen LogP contribution in [0.15, 0.2) is 40.9 Å². The molecule has 0 heterocycles. The van der Waals surface area contributed by atoms with Crippen LogP contribution in [0.4, 0.5) is 0 Å². The highest BCUT2D eigenvalue weighted by molar-refractivity contribution is 9.10. The van der Waals surface area contributed by atoms with Crippen molar-refractivity contribution in [1.82, 2.24) is 0 Å². The Morgan fingerprint density at radius 1 is 1.00 bits per heavy atom. The average molecular weight is 346 g/mol. The van der Waals surface area contributed by atoms with E-state index in [0.717, 1.165) is 21.2 Å². The topological polar surface area (TPSA) is 20.2 Å². The Balaban J connectivity index is 2.37. The highest BCUT2D eigenvalue weighted by Crippen LogP contribution is 2.30. The third-order valence-electron chi connectivity index (χ3n) is 2.76. The molecule has 0 bridgehead atoms. The van der Waals surface area contributed by atoms with Crippen molar-refractivity contribution >= 4 is 39.1 Å². The summed E-state index contributed by atoms with van der Waals surface area (Å²) in [6, 6.07) is 10.9. The lowest BCUT2D eigenvalue weighted by molar-refractivity contribution is 0.220. The minimum atomic E-state index is -0.702. The van der Waals surface area contributed by atoms with Crippen LogP contribution in [0.1, 0.15) is 22.8 Å². The highest BCUT2D eigenvalue weighted by Gasteiger charge is 2.12. The Kier molecular flexibility index (Phi) is 4.33. The fraction of sp³-hybridized carbons (Fsp3) is 0.143. The van der Waals surface area contributed by atoms with Crippen LogP contribution in [0.2, 0.25) is 10.0 Å². The van der Waals surface area contributed by atoms with Crippen LogP contribution >= 0.6 is 39.1 Å². The minimum absolute atomic E-state index is 0.446. The monoisotopic (exact) mass is 344 g/mol. The number of hydrogen-bond acceptors (Lipinski definition) is 1. The van der Waals surface area contributed by atoms with Crippen molar-refractivity contribution in [3.8, 4) is 0 Å². The first-order valence-electron chi connectivity index (χ1n) is 5.38. The summed E-state index contributed by atoms with van der Waals surface area (Å²) in [5, 5.41) is 11.2. The van der Waals surface area contributed by atoms with Gasteiger partial charge in [-0.1, -0.05) is 57.3 Å². The van der Waals surface area contributed by atoms with E-state index in [1.807, 2.05) is 25.1 Å². The smallest absolute Gasteiger partial charge is 0.104 e. The largest absolute Gasteiger partial charge is 0.384 e. The number of halogens is 3. The molecule has 2 aromatic rings. The first kappa shape index (κ1) is 13.9. The number of aryl methyl sites for hydroxylation is 1. The van der Waals surface area contributed by atoms with Gasteiger partial charge in [-0.25, -0.2) is 0 Å². The number of benzene rings is 2. The molecular weight excluding hydrogens is 335 g/mol. The molecule has 0 amide bonds. The average Bonchev–Trinajstić information content (AvgIpc) is 2.35. The molecule has 0 aromatic heterocycles. The summed E-state index contributed by atoms with van der Waals surface area (Å²) in [4.78, 5) is 0. The van der Waals surface area contributed by atoms with Crippen LogP contribution in [-0.2, 0) is 0 Å². The van der Waals surface area contributed by atoms with Gasteiger partial charge in [-0.2, -0.15) is 0 Å². The van der Waals surface area contributed by atoms with Crippen molar-refractivity contribution in [3.63, 3.8) is 0 Å². The van der Waals surface area contributed by atoms with Crippen molar-refractivity contribution in [2.45, 2.75) is 13.0 Å². The zero-order valence-corrected chi connectivity index (χ0v) is 12.7. The van der Waals surface area contributed by atoms with Gasteiger partial charge in [0.1, 0.15) is 6.10 Å². The Morgan fingerprint density at radius 3 is 2.22 bits per heavy atom. The molecule has 1 nitrogen and oxygen atoms in total. The van der Waals surface area contributed by atoms with Crippen LogP contribution in [0.25, 0.3) is 0 Å². The van der Waals surface area contributed by atoms with E-state index in [1.165, 1.54) is 0 Å². The molecule has 2 aromatic carbocycles. The minimum Gasteiger partial charge on any atom is -0.384 e. The zero-order chi connectivity index (χ0) is 13.3. The number of rotatable bonds is 2. The van der Waals surface area contributed by atoms with Crippen LogP contribution in [0, 0.1) is 6.92 Å². The van der Waals surface area contributed by atoms with Crippen LogP contribution in [0.3, 0.4) is 0 Å². The summed E-state index contributed by atoms with van der Waals surface area (Å²) in [6.07, 6.45) is -0.702. The SMILES string of the molecule is Cc1cc(C(O)c2ccc(Cl)c(Cl)c2)ccc1Br. The molecule has 0 radical (unpaired) electrons. The molecule has 1 atom stereocenters. The normalized spacial score (nSPS) is 12.5. The van der Waals surface area contributed by atoms with E-state index in [0.29, 0.717) is 10.0 Å². The molecular formula is C14H11BrCl2O. The van der Waals surface area contributed by atoms with Gasteiger partial charge >= 0.3 is 0 Å². The molecule has 0 fully saturated rings. The molecule has 0 saturated carbocycles. The number of aliphatic hydroxyl groups is 1. The van der Waals surface area contributed by atoms with Crippen molar-refractivity contribution in [1.29, 1.82) is 0 Å². The molecule has 0 saturated heterocycles. The maximum absolute atomic E-state index is 10.3. The summed E-state index contributed by atoms with van der Waals surface area (Å²) < 4.78 is 1.02. The van der Waals surface area contributed by atoms with E-state index in [1.54, 1.807) is 18.2 Å². The lowest BCUT2D eigenvalue weighted by atomic mass is 10.0. The lowest BCUT2D eigenvalue weighted by Crippen LogP contribution is -2.00. The van der Waals surface area contributed by atoms with Gasteiger partial charge in [-0.15, -0.1) is 0 Å². The van der Waals surface area contributed by atoms with E-state index >= 15 is 0 Å². The Bertz CT molecular complexity index is 533. The molecule has 0 spiro atoms. The standard InChI is InChI=1S/C14H11BrCl2O/c1-8-6-9(2-4-11(8)15)14(18)10-3-5-12(16)13(17)7-10/h2-7,14,18H,1H3. The predicted octanol–water partition coefficient (Wildman–Crippen LogP) is 5.15. The maximum atomic E-state index is 10.3. The summed E-state index contributed by atoms with van der Waals surface area (Å²) in [7, 11) is 0. The van der Waals surface area contributed by atoms with Gasteiger partial charge in [0.15, 0.2) is 0 Å². The van der Waals surface area contributed by atoms with Crippen molar-refractivity contribution in [3.05, 3.63) is 67.6 Å². The first-order valence-corrected chi connectivity index (χ1v) is 6.93. The lowest BCUT2D eigenvalue weighted by Gasteiger charge is -2.13. The predicted molar refractivity (Wildman–Crippen MR) is 79.4 cm³/mol. The second-order valence-corrected chi connectivity index (χ2v) is 5.75. The van der Waals surface area contributed by atoms with Gasteiger partial charge in [0, 0.05) is 4.47 Å². The Morgan fingerprint density at radius 2 is 1.61 bits per heavy atom. The van der Waals surface area contributed by atoms with Crippen molar-refractivity contribution in [2.24, 2.45) is 0 Å². The molecule has 0 aliphatic carbocycles. The summed E-state index contributed by atoms with van der Waals surface area (Å²) in [6.45, 7) is 1.98. The molecule has 94 valence electrons. The second-order valence-electron chi connectivity index (χ2n) is 4.08. The highest BCUT2D eigenvalue weighted by atomic mass is 79.9.